The summed E-state index contributed by atoms with van der Waals surface area (Å²) in [7, 11) is 1.33. The number of aromatic nitrogens is 2. The van der Waals surface area contributed by atoms with Crippen molar-refractivity contribution in [2.45, 2.75) is 25.3 Å². The Morgan fingerprint density at radius 3 is 2.71 bits per heavy atom. The molecule has 1 atom stereocenters. The molecule has 8 heteroatoms. The van der Waals surface area contributed by atoms with Gasteiger partial charge in [-0.3, -0.25) is 14.5 Å². The molecule has 0 radical (unpaired) electrons. The van der Waals surface area contributed by atoms with E-state index in [1.165, 1.54) is 12.7 Å². The first-order valence-electron chi connectivity index (χ1n) is 9.31. The van der Waals surface area contributed by atoms with Gasteiger partial charge in [0.25, 0.3) is 0 Å². The number of ether oxygens (including phenoxy) is 1. The van der Waals surface area contributed by atoms with Crippen LogP contribution in [0.1, 0.15) is 17.7 Å². The molecule has 1 heterocycles. The van der Waals surface area contributed by atoms with Crippen LogP contribution < -0.4 is 5.32 Å². The number of rotatable bonds is 12. The summed E-state index contributed by atoms with van der Waals surface area (Å²) in [6.45, 7) is 0.504. The van der Waals surface area contributed by atoms with Gasteiger partial charge in [0.2, 0.25) is 5.91 Å². The minimum absolute atomic E-state index is 0.0447. The Bertz CT molecular complexity index is 706. The molecule has 0 bridgehead atoms. The van der Waals surface area contributed by atoms with Crippen LogP contribution >= 0.6 is 0 Å². The Balaban J connectivity index is 1.84. The number of esters is 1. The highest BCUT2D eigenvalue weighted by molar-refractivity contribution is 5.79. The average Bonchev–Trinajstić information content (AvgIpc) is 3.21. The van der Waals surface area contributed by atoms with E-state index in [1.54, 1.807) is 17.4 Å². The first kappa shape index (κ1) is 21.6. The van der Waals surface area contributed by atoms with Gasteiger partial charge < -0.3 is 20.1 Å². The predicted octanol–water partition coefficient (Wildman–Crippen LogP) is 0.537. The summed E-state index contributed by atoms with van der Waals surface area (Å²) < 4.78 is 4.74. The maximum atomic E-state index is 12.4. The smallest absolute Gasteiger partial charge is 0.319 e. The van der Waals surface area contributed by atoms with Crippen molar-refractivity contribution in [1.29, 1.82) is 0 Å². The lowest BCUT2D eigenvalue weighted by molar-refractivity contribution is -0.142. The van der Waals surface area contributed by atoms with Gasteiger partial charge in [-0.1, -0.05) is 30.3 Å². The summed E-state index contributed by atoms with van der Waals surface area (Å²) in [5.41, 5.74) is 2.04. The van der Waals surface area contributed by atoms with E-state index >= 15 is 0 Å². The fourth-order valence-corrected chi connectivity index (χ4v) is 2.91. The second-order valence-corrected chi connectivity index (χ2v) is 6.60. The molecule has 0 spiro atoms. The van der Waals surface area contributed by atoms with Crippen molar-refractivity contribution < 1.29 is 19.4 Å². The number of carbonyl (C=O) groups excluding carboxylic acids is 2. The molecule has 2 aromatic rings. The van der Waals surface area contributed by atoms with Gasteiger partial charge in [0.15, 0.2) is 0 Å². The zero-order chi connectivity index (χ0) is 20.2. The third-order valence-corrected chi connectivity index (χ3v) is 4.34. The van der Waals surface area contributed by atoms with Crippen molar-refractivity contribution in [3.05, 3.63) is 54.1 Å². The van der Waals surface area contributed by atoms with Crippen molar-refractivity contribution >= 4 is 11.9 Å². The molecule has 0 unspecified atom stereocenters. The third-order valence-electron chi connectivity index (χ3n) is 4.34. The SMILES string of the molecule is COC(=O)CN(CCCc1ccccc1)CC(=O)N[C@H](CO)Cc1cnc[nH]1. The van der Waals surface area contributed by atoms with Crippen LogP contribution in [0.4, 0.5) is 0 Å². The van der Waals surface area contributed by atoms with Crippen LogP contribution in [-0.4, -0.2) is 71.2 Å². The van der Waals surface area contributed by atoms with Crippen molar-refractivity contribution in [3.8, 4) is 0 Å². The predicted molar refractivity (Wildman–Crippen MR) is 105 cm³/mol. The van der Waals surface area contributed by atoms with Crippen LogP contribution in [0.3, 0.4) is 0 Å². The summed E-state index contributed by atoms with van der Waals surface area (Å²) in [4.78, 5) is 32.7. The van der Waals surface area contributed by atoms with Crippen molar-refractivity contribution in [2.24, 2.45) is 0 Å². The number of aliphatic hydroxyl groups is 1. The number of hydrogen-bond donors (Lipinski definition) is 3. The molecule has 2 rings (SSSR count). The lowest BCUT2D eigenvalue weighted by Crippen LogP contribution is -2.46. The number of methoxy groups -OCH3 is 1. The monoisotopic (exact) mass is 388 g/mol. The quantitative estimate of drug-likeness (QED) is 0.458. The van der Waals surface area contributed by atoms with Gasteiger partial charge in [0.05, 0.1) is 39.2 Å². The molecular formula is C20H28N4O4. The number of aromatic amines is 1. The van der Waals surface area contributed by atoms with E-state index in [0.717, 1.165) is 18.5 Å². The maximum Gasteiger partial charge on any atom is 0.319 e. The van der Waals surface area contributed by atoms with Gasteiger partial charge in [-0.05, 0) is 24.9 Å². The molecule has 3 N–H and O–H groups in total. The Hall–Kier alpha value is -2.71. The van der Waals surface area contributed by atoms with E-state index in [1.807, 2.05) is 18.2 Å². The van der Waals surface area contributed by atoms with E-state index in [0.29, 0.717) is 13.0 Å². The van der Waals surface area contributed by atoms with Crippen LogP contribution in [0.5, 0.6) is 0 Å². The standard InChI is InChI=1S/C20H28N4O4/c1-28-20(27)13-24(9-5-8-16-6-3-2-4-7-16)12-19(26)23-18(14-25)10-17-11-21-15-22-17/h2-4,6-7,11,15,18,25H,5,8-10,12-14H2,1H3,(H,21,22)(H,23,26)/t18-/m0/s1. The normalized spacial score (nSPS) is 12.0. The molecule has 8 nitrogen and oxygen atoms in total. The zero-order valence-corrected chi connectivity index (χ0v) is 16.1. The largest absolute Gasteiger partial charge is 0.468 e. The van der Waals surface area contributed by atoms with Crippen LogP contribution in [0.2, 0.25) is 0 Å². The van der Waals surface area contributed by atoms with Crippen LogP contribution in [-0.2, 0) is 27.2 Å². The molecule has 0 aliphatic rings. The molecule has 152 valence electrons. The summed E-state index contributed by atoms with van der Waals surface area (Å²) in [5.74, 6) is -0.633. The molecule has 1 amide bonds. The van der Waals surface area contributed by atoms with E-state index in [4.69, 9.17) is 4.74 Å². The Labute approximate surface area is 164 Å². The number of imidazole rings is 1. The van der Waals surface area contributed by atoms with Crippen molar-refractivity contribution in [2.75, 3.05) is 33.4 Å². The van der Waals surface area contributed by atoms with Crippen LogP contribution in [0.15, 0.2) is 42.9 Å². The summed E-state index contributed by atoms with van der Waals surface area (Å²) in [6, 6.07) is 9.64. The molecule has 0 fully saturated rings. The third kappa shape index (κ3) is 7.89. The van der Waals surface area contributed by atoms with Gasteiger partial charge in [0, 0.05) is 18.3 Å². The first-order valence-corrected chi connectivity index (χ1v) is 9.31. The van der Waals surface area contributed by atoms with Gasteiger partial charge in [-0.15, -0.1) is 0 Å². The second-order valence-electron chi connectivity index (χ2n) is 6.60. The highest BCUT2D eigenvalue weighted by atomic mass is 16.5. The first-order chi connectivity index (χ1) is 13.6. The number of benzene rings is 1. The van der Waals surface area contributed by atoms with E-state index in [2.05, 4.69) is 27.4 Å². The highest BCUT2D eigenvalue weighted by Gasteiger charge is 2.18. The number of nitrogens with one attached hydrogen (secondary N) is 2. The minimum Gasteiger partial charge on any atom is -0.468 e. The molecule has 0 aliphatic heterocycles. The number of aliphatic hydroxyl groups excluding tert-OH is 1. The van der Waals surface area contributed by atoms with Gasteiger partial charge in [0.1, 0.15) is 0 Å². The number of hydrogen-bond acceptors (Lipinski definition) is 6. The number of aryl methyl sites for hydroxylation is 1. The van der Waals surface area contributed by atoms with E-state index < -0.39 is 6.04 Å². The van der Waals surface area contributed by atoms with E-state index in [9.17, 15) is 14.7 Å². The number of H-pyrrole nitrogens is 1. The second kappa shape index (κ2) is 11.9. The van der Waals surface area contributed by atoms with Crippen LogP contribution in [0, 0.1) is 0 Å². The molecule has 28 heavy (non-hydrogen) atoms. The summed E-state index contributed by atoms with van der Waals surface area (Å²) >= 11 is 0. The minimum atomic E-state index is -0.419. The van der Waals surface area contributed by atoms with Crippen molar-refractivity contribution in [3.63, 3.8) is 0 Å². The molecule has 1 aromatic carbocycles. The van der Waals surface area contributed by atoms with Gasteiger partial charge in [-0.25, -0.2) is 4.98 Å². The van der Waals surface area contributed by atoms with Crippen molar-refractivity contribution in [1.82, 2.24) is 20.2 Å². The maximum absolute atomic E-state index is 12.4. The highest BCUT2D eigenvalue weighted by Crippen LogP contribution is 2.04. The Morgan fingerprint density at radius 1 is 1.29 bits per heavy atom. The lowest BCUT2D eigenvalue weighted by Gasteiger charge is -2.22. The molecule has 1 aromatic heterocycles. The average molecular weight is 388 g/mol. The number of carbonyl (C=O) groups is 2. The summed E-state index contributed by atoms with van der Waals surface area (Å²) in [6.07, 6.45) is 5.33. The van der Waals surface area contributed by atoms with Gasteiger partial charge in [-0.2, -0.15) is 0 Å². The lowest BCUT2D eigenvalue weighted by atomic mass is 10.1. The summed E-state index contributed by atoms with van der Waals surface area (Å²) in [5, 5.41) is 12.3. The zero-order valence-electron chi connectivity index (χ0n) is 16.1. The topological polar surface area (TPSA) is 108 Å². The fourth-order valence-electron chi connectivity index (χ4n) is 2.91. The fraction of sp³-hybridized carbons (Fsp3) is 0.450. The number of amides is 1. The molecule has 0 aliphatic carbocycles. The number of nitrogens with zero attached hydrogens (tertiary/aromatic N) is 2. The Morgan fingerprint density at radius 2 is 2.07 bits per heavy atom. The molecule has 0 saturated carbocycles. The molecular weight excluding hydrogens is 360 g/mol. The van der Waals surface area contributed by atoms with Crippen LogP contribution in [0.25, 0.3) is 0 Å². The van der Waals surface area contributed by atoms with Gasteiger partial charge >= 0.3 is 5.97 Å². The van der Waals surface area contributed by atoms with E-state index in [-0.39, 0.29) is 31.6 Å². The Kier molecular flexibility index (Phi) is 9.17. The molecule has 0 saturated heterocycles.